The highest BCUT2D eigenvalue weighted by Gasteiger charge is 2.30. The van der Waals surface area contributed by atoms with Crippen LogP contribution in [0.25, 0.3) is 0 Å². The SMILES string of the molecule is CCC(C)CCCCCCCCC(=O)OC[C@H](COP(=O)(O)OC[C@@H](O)COP(=O)(O)OC[C@@H](COC(=O)CCCCCCCCC(C)CC)OC(=O)CCCCCCCCCCCC(C)C)OC(=O)CCCCCCCCCCCCCCCC(C)C. The van der Waals surface area contributed by atoms with Gasteiger partial charge in [0.1, 0.15) is 19.3 Å². The van der Waals surface area contributed by atoms with Crippen molar-refractivity contribution in [2.75, 3.05) is 39.6 Å². The lowest BCUT2D eigenvalue weighted by Gasteiger charge is -2.21. The first-order chi connectivity index (χ1) is 42.2. The molecule has 0 saturated carbocycles. The summed E-state index contributed by atoms with van der Waals surface area (Å²) in [5.74, 6) is 0.852. The van der Waals surface area contributed by atoms with Gasteiger partial charge in [-0.05, 0) is 49.4 Å². The van der Waals surface area contributed by atoms with Gasteiger partial charge in [-0.3, -0.25) is 37.3 Å². The standard InChI is InChI=1S/C69H134O17P2/c1-9-61(7)47-39-31-25-27-33-41-49-66(71)79-55-64(85-68(73)51-43-35-23-19-15-13-11-12-14-17-21-29-37-45-59(3)4)57-83-87(75,76)81-53-63(70)54-82-88(77,78)84-58-65(56-80-67(72)50-42-34-28-26-32-40-48-62(8)10-2)86-69(74)52-44-36-24-20-16-18-22-30-38-46-60(5)6/h59-65,70H,9-58H2,1-8H3,(H,75,76)(H,77,78)/t61?,62?,63-,64-,65-/m1/s1. The average Bonchev–Trinajstić information content (AvgIpc) is 3.49. The molecule has 4 unspecified atom stereocenters. The molecular weight excluding hydrogens is 1160 g/mol. The predicted molar refractivity (Wildman–Crippen MR) is 354 cm³/mol. The van der Waals surface area contributed by atoms with E-state index < -0.39 is 97.5 Å². The van der Waals surface area contributed by atoms with E-state index >= 15 is 0 Å². The Kier molecular flexibility index (Phi) is 57.6. The maximum absolute atomic E-state index is 13.0. The summed E-state index contributed by atoms with van der Waals surface area (Å²) >= 11 is 0. The Balaban J connectivity index is 5.25. The van der Waals surface area contributed by atoms with E-state index in [1.165, 1.54) is 128 Å². The van der Waals surface area contributed by atoms with Gasteiger partial charge >= 0.3 is 39.5 Å². The van der Waals surface area contributed by atoms with Crippen molar-refractivity contribution in [1.82, 2.24) is 0 Å². The van der Waals surface area contributed by atoms with Crippen LogP contribution in [-0.4, -0.2) is 96.7 Å². The van der Waals surface area contributed by atoms with E-state index in [0.29, 0.717) is 25.7 Å². The van der Waals surface area contributed by atoms with Gasteiger partial charge < -0.3 is 33.8 Å². The second-order valence-electron chi connectivity index (χ2n) is 26.4. The topological polar surface area (TPSA) is 237 Å². The quantitative estimate of drug-likeness (QED) is 0.0222. The Labute approximate surface area is 537 Å². The van der Waals surface area contributed by atoms with Crippen molar-refractivity contribution in [1.29, 1.82) is 0 Å². The van der Waals surface area contributed by atoms with Gasteiger partial charge in [0.15, 0.2) is 12.2 Å². The lowest BCUT2D eigenvalue weighted by molar-refractivity contribution is -0.161. The molecule has 0 aliphatic carbocycles. The first kappa shape index (κ1) is 86.1. The number of phosphoric ester groups is 2. The fourth-order valence-corrected chi connectivity index (χ4v) is 11.8. The minimum absolute atomic E-state index is 0.104. The van der Waals surface area contributed by atoms with Crippen LogP contribution in [0.4, 0.5) is 0 Å². The minimum Gasteiger partial charge on any atom is -0.462 e. The molecule has 17 nitrogen and oxygen atoms in total. The van der Waals surface area contributed by atoms with E-state index in [4.69, 9.17) is 37.0 Å². The van der Waals surface area contributed by atoms with Gasteiger partial charge in [-0.1, -0.05) is 287 Å². The summed E-state index contributed by atoms with van der Waals surface area (Å²) in [5, 5.41) is 10.6. The fourth-order valence-electron chi connectivity index (χ4n) is 10.2. The third kappa shape index (κ3) is 60.3. The number of phosphoric acid groups is 2. The Bertz CT molecular complexity index is 1750. The van der Waals surface area contributed by atoms with Crippen molar-refractivity contribution in [2.45, 2.75) is 356 Å². The lowest BCUT2D eigenvalue weighted by Crippen LogP contribution is -2.30. The summed E-state index contributed by atoms with van der Waals surface area (Å²) in [6.45, 7) is 14.1. The summed E-state index contributed by atoms with van der Waals surface area (Å²) in [4.78, 5) is 72.5. The molecule has 7 atom stereocenters. The van der Waals surface area contributed by atoms with Crippen LogP contribution in [0, 0.1) is 23.7 Å². The Morgan fingerprint density at radius 2 is 0.545 bits per heavy atom. The van der Waals surface area contributed by atoms with Crippen LogP contribution < -0.4 is 0 Å². The zero-order chi connectivity index (χ0) is 65.4. The molecule has 0 spiro atoms. The average molecular weight is 1300 g/mol. The van der Waals surface area contributed by atoms with Crippen molar-refractivity contribution in [3.63, 3.8) is 0 Å². The van der Waals surface area contributed by atoms with E-state index in [9.17, 15) is 43.2 Å². The number of aliphatic hydroxyl groups is 1. The van der Waals surface area contributed by atoms with Crippen molar-refractivity contribution in [2.24, 2.45) is 23.7 Å². The molecule has 0 saturated heterocycles. The highest BCUT2D eigenvalue weighted by atomic mass is 31.2. The zero-order valence-corrected chi connectivity index (χ0v) is 59.1. The molecule has 0 heterocycles. The fraction of sp³-hybridized carbons (Fsp3) is 0.942. The molecule has 19 heteroatoms. The van der Waals surface area contributed by atoms with Crippen LogP contribution in [0.5, 0.6) is 0 Å². The highest BCUT2D eigenvalue weighted by molar-refractivity contribution is 7.47. The normalized spacial score (nSPS) is 14.9. The summed E-state index contributed by atoms with van der Waals surface area (Å²) in [6, 6.07) is 0. The number of rotatable bonds is 66. The molecule has 0 bridgehead atoms. The number of carbonyl (C=O) groups excluding carboxylic acids is 4. The Morgan fingerprint density at radius 1 is 0.318 bits per heavy atom. The molecule has 522 valence electrons. The van der Waals surface area contributed by atoms with Gasteiger partial charge in [-0.15, -0.1) is 0 Å². The van der Waals surface area contributed by atoms with E-state index in [1.807, 2.05) is 0 Å². The van der Waals surface area contributed by atoms with Crippen LogP contribution in [0.2, 0.25) is 0 Å². The van der Waals surface area contributed by atoms with Crippen molar-refractivity contribution < 1.29 is 80.2 Å². The second-order valence-corrected chi connectivity index (χ2v) is 29.3. The number of hydrogen-bond donors (Lipinski definition) is 3. The van der Waals surface area contributed by atoms with Gasteiger partial charge in [0.2, 0.25) is 0 Å². The molecule has 0 fully saturated rings. The molecule has 0 rings (SSSR count). The molecular formula is C69H134O17P2. The summed E-state index contributed by atoms with van der Waals surface area (Å²) in [7, 11) is -9.90. The van der Waals surface area contributed by atoms with E-state index in [0.717, 1.165) is 126 Å². The largest absolute Gasteiger partial charge is 0.472 e. The molecule has 88 heavy (non-hydrogen) atoms. The molecule has 0 aromatic rings. The van der Waals surface area contributed by atoms with E-state index in [1.54, 1.807) is 0 Å². The summed E-state index contributed by atoms with van der Waals surface area (Å²) in [5.41, 5.74) is 0. The number of carbonyl (C=O) groups is 4. The smallest absolute Gasteiger partial charge is 0.462 e. The number of aliphatic hydroxyl groups excluding tert-OH is 1. The van der Waals surface area contributed by atoms with Gasteiger partial charge in [-0.25, -0.2) is 9.13 Å². The van der Waals surface area contributed by atoms with Crippen molar-refractivity contribution in [3.05, 3.63) is 0 Å². The summed E-state index contributed by atoms with van der Waals surface area (Å²) in [6.07, 6.45) is 40.4. The van der Waals surface area contributed by atoms with Crippen LogP contribution in [0.15, 0.2) is 0 Å². The van der Waals surface area contributed by atoms with Crippen LogP contribution >= 0.6 is 15.6 Å². The predicted octanol–water partition coefficient (Wildman–Crippen LogP) is 19.3. The lowest BCUT2D eigenvalue weighted by atomic mass is 10.00. The number of ether oxygens (including phenoxy) is 4. The molecule has 0 aromatic carbocycles. The van der Waals surface area contributed by atoms with Crippen LogP contribution in [-0.2, 0) is 65.4 Å². The van der Waals surface area contributed by atoms with E-state index in [2.05, 4.69) is 55.4 Å². The molecule has 0 amide bonds. The zero-order valence-electron chi connectivity index (χ0n) is 57.3. The van der Waals surface area contributed by atoms with Gasteiger partial charge in [0.25, 0.3) is 0 Å². The maximum Gasteiger partial charge on any atom is 0.472 e. The third-order valence-electron chi connectivity index (χ3n) is 16.5. The Morgan fingerprint density at radius 3 is 0.807 bits per heavy atom. The third-order valence-corrected chi connectivity index (χ3v) is 18.4. The first-order valence-corrected chi connectivity index (χ1v) is 38.8. The molecule has 0 aliphatic rings. The van der Waals surface area contributed by atoms with Gasteiger partial charge in [-0.2, -0.15) is 0 Å². The molecule has 3 N–H and O–H groups in total. The number of esters is 4. The second kappa shape index (κ2) is 58.8. The summed E-state index contributed by atoms with van der Waals surface area (Å²) < 4.78 is 68.2. The van der Waals surface area contributed by atoms with Gasteiger partial charge in [0, 0.05) is 25.7 Å². The molecule has 0 aliphatic heterocycles. The molecule has 0 aromatic heterocycles. The highest BCUT2D eigenvalue weighted by Crippen LogP contribution is 2.45. The number of unbranched alkanes of at least 4 members (excludes halogenated alkanes) is 30. The Hall–Kier alpha value is -1.94. The molecule has 0 radical (unpaired) electrons. The van der Waals surface area contributed by atoms with Crippen molar-refractivity contribution >= 4 is 39.5 Å². The van der Waals surface area contributed by atoms with Gasteiger partial charge in [0.05, 0.1) is 26.4 Å². The van der Waals surface area contributed by atoms with E-state index in [-0.39, 0.29) is 25.7 Å². The monoisotopic (exact) mass is 1300 g/mol. The first-order valence-electron chi connectivity index (χ1n) is 35.8. The van der Waals surface area contributed by atoms with Crippen molar-refractivity contribution in [3.8, 4) is 0 Å². The number of hydrogen-bond acceptors (Lipinski definition) is 15. The van der Waals surface area contributed by atoms with Crippen LogP contribution in [0.1, 0.15) is 338 Å². The maximum atomic E-state index is 13.0. The minimum atomic E-state index is -4.95. The van der Waals surface area contributed by atoms with Crippen LogP contribution in [0.3, 0.4) is 0 Å².